The van der Waals surface area contributed by atoms with E-state index < -0.39 is 0 Å². The van der Waals surface area contributed by atoms with Gasteiger partial charge in [0.15, 0.2) is 0 Å². The van der Waals surface area contributed by atoms with E-state index in [0.717, 1.165) is 39.5 Å². The van der Waals surface area contributed by atoms with Crippen LogP contribution in [0.4, 0.5) is 34.1 Å². The summed E-state index contributed by atoms with van der Waals surface area (Å²) in [7, 11) is 0. The van der Waals surface area contributed by atoms with Gasteiger partial charge in [-0.05, 0) is 165 Å². The molecule has 0 fully saturated rings. The second kappa shape index (κ2) is 25.2. The topological polar surface area (TPSA) is 39.6 Å². The van der Waals surface area contributed by atoms with E-state index in [-0.39, 0.29) is 50.9 Å². The largest absolute Gasteiger partial charge is 1.00 e. The Morgan fingerprint density at radius 2 is 0.607 bits per heavy atom. The zero-order valence-corrected chi connectivity index (χ0v) is 48.8. The number of anilines is 6. The van der Waals surface area contributed by atoms with E-state index in [4.69, 9.17) is 0 Å². The summed E-state index contributed by atoms with van der Waals surface area (Å²) in [6.45, 7) is 8.98. The van der Waals surface area contributed by atoms with E-state index >= 15 is 0 Å². The van der Waals surface area contributed by atoms with Crippen LogP contribution in [-0.4, -0.2) is 10.1 Å². The van der Waals surface area contributed by atoms with Crippen molar-refractivity contribution >= 4 is 77.3 Å². The van der Waals surface area contributed by atoms with Crippen molar-refractivity contribution in [1.82, 2.24) is 4.98 Å². The third kappa shape index (κ3) is 11.1. The van der Waals surface area contributed by atoms with Crippen LogP contribution < -0.4 is 47.5 Å². The van der Waals surface area contributed by atoms with Gasteiger partial charge in [0.1, 0.15) is 11.3 Å². The molecule has 14 rings (SSSR count). The van der Waals surface area contributed by atoms with Crippen molar-refractivity contribution in [3.63, 3.8) is 0 Å². The summed E-state index contributed by atoms with van der Waals surface area (Å²) in [6, 6.07) is 98.5. The van der Waals surface area contributed by atoms with Crippen LogP contribution in [0.15, 0.2) is 279 Å². The van der Waals surface area contributed by atoms with Crippen LogP contribution in [0.25, 0.3) is 87.7 Å². The maximum Gasteiger partial charge on any atom is 1.00 e. The number of pyridine rings is 1. The summed E-state index contributed by atoms with van der Waals surface area (Å²) in [6.07, 6.45) is 1.67. The number of hydrogen-bond acceptors (Lipinski definition) is 4. The maximum absolute atomic E-state index is 9.31. The molecule has 0 saturated heterocycles. The van der Waals surface area contributed by atoms with Gasteiger partial charge in [-0.3, -0.25) is 4.98 Å². The molecular weight excluding hydrogens is 1010 g/mol. The first-order valence-corrected chi connectivity index (χ1v) is 27.7. The maximum atomic E-state index is 9.31. The van der Waals surface area contributed by atoms with Crippen LogP contribution in [0, 0.1) is 35.1 Å². The Bertz CT molecular complexity index is 4150. The van der Waals surface area contributed by atoms with Gasteiger partial charge in [0.2, 0.25) is 0 Å². The van der Waals surface area contributed by atoms with Crippen molar-refractivity contribution in [2.24, 2.45) is 0 Å². The Morgan fingerprint density at radius 1 is 0.286 bits per heavy atom. The first-order chi connectivity index (χ1) is 39.8. The second-order valence-corrected chi connectivity index (χ2v) is 21.1. The molecule has 0 aliphatic heterocycles. The number of aromatic nitrogens is 1. The Balaban J connectivity index is 0.000000503. The Hall–Kier alpha value is -9.10. The molecule has 0 unspecified atom stereocenters. The minimum atomic E-state index is 0. The molecule has 1 N–H and O–H groups in total. The SMILES string of the molecule is Cc1ccc(-c2ccccc2)cc1N(c1cc(-c2ccccc2)ccc1C)c1ccc2ccc3c(N(c4cc(-c5ccccc5)ccc4C)c4cc(-c5ccccc5)ccc4C)ccc4ccc1c2c43.Oc1cccc2cccnc12.[CH3-].[Li+].[Li+]. The Labute approximate surface area is 518 Å². The molecule has 0 bridgehead atoms. The quantitative estimate of drug-likeness (QED) is 0.0842. The number of para-hydroxylation sites is 1. The van der Waals surface area contributed by atoms with Gasteiger partial charge < -0.3 is 22.3 Å². The van der Waals surface area contributed by atoms with E-state index in [1.807, 2.05) is 18.2 Å². The summed E-state index contributed by atoms with van der Waals surface area (Å²) in [5.74, 6) is 0.239. The van der Waals surface area contributed by atoms with Crippen molar-refractivity contribution in [2.75, 3.05) is 9.80 Å². The van der Waals surface area contributed by atoms with Crippen LogP contribution in [0.5, 0.6) is 5.75 Å². The average molecular weight is 1070 g/mol. The third-order valence-electron chi connectivity index (χ3n) is 15.9. The van der Waals surface area contributed by atoms with E-state index in [1.165, 1.54) is 99.1 Å². The predicted molar refractivity (Wildman–Crippen MR) is 350 cm³/mol. The van der Waals surface area contributed by atoms with Crippen LogP contribution >= 0.6 is 0 Å². The molecule has 0 atom stereocenters. The number of fused-ring (bicyclic) bond motifs is 1. The molecule has 1 heterocycles. The van der Waals surface area contributed by atoms with Crippen LogP contribution in [0.3, 0.4) is 0 Å². The van der Waals surface area contributed by atoms with Crippen LogP contribution in [0.2, 0.25) is 0 Å². The fourth-order valence-electron chi connectivity index (χ4n) is 11.7. The number of aromatic hydroxyl groups is 1. The van der Waals surface area contributed by atoms with Gasteiger partial charge in [-0.15, -0.1) is 0 Å². The standard InChI is InChI=1S/C68H52N2.C9H7NO.CH3.2Li/c1-45-25-29-55(49-17-9-5-10-18-49)41-63(45)69(64-42-56(30-26-46(64)2)50-19-11-6-12-20-50)61-39-35-53-34-38-60-62(40-36-54-33-37-59(61)67(53)68(54)60)70(65-43-57(31-27-47(65)3)51-21-13-7-14-22-51)66-44-58(32-28-48(66)4)52-23-15-8-16-24-52;11-8-5-1-3-7-4-2-6-10-9(7)8;;;/h5-44H,1-4H3;1-6,11H;1H3;;/q;;-1;2*+1. The predicted octanol–water partition coefficient (Wildman–Crippen LogP) is 15.8. The van der Waals surface area contributed by atoms with Crippen LogP contribution in [0.1, 0.15) is 22.3 Å². The van der Waals surface area contributed by atoms with E-state index in [0.29, 0.717) is 5.52 Å². The molecule has 13 aromatic carbocycles. The molecule has 1 aromatic heterocycles. The Kier molecular flexibility index (Phi) is 17.4. The van der Waals surface area contributed by atoms with Crippen molar-refractivity contribution in [3.05, 3.63) is 309 Å². The summed E-state index contributed by atoms with van der Waals surface area (Å²) in [5.41, 5.74) is 21.9. The monoisotopic (exact) mass is 1070 g/mol. The number of phenols is 1. The summed E-state index contributed by atoms with van der Waals surface area (Å²) < 4.78 is 0. The Morgan fingerprint density at radius 3 is 0.940 bits per heavy atom. The molecule has 396 valence electrons. The minimum absolute atomic E-state index is 0. The second-order valence-electron chi connectivity index (χ2n) is 21.1. The van der Waals surface area contributed by atoms with Gasteiger partial charge in [0, 0.05) is 45.1 Å². The van der Waals surface area contributed by atoms with Gasteiger partial charge in [-0.1, -0.05) is 224 Å². The summed E-state index contributed by atoms with van der Waals surface area (Å²) in [4.78, 5) is 9.09. The molecule has 0 amide bonds. The zero-order valence-electron chi connectivity index (χ0n) is 48.8. The molecule has 0 aliphatic carbocycles. The molecule has 4 nitrogen and oxygen atoms in total. The minimum Gasteiger partial charge on any atom is -0.506 e. The number of aryl methyl sites for hydroxylation is 4. The number of rotatable bonds is 10. The number of hydrogen-bond donors (Lipinski definition) is 1. The van der Waals surface area contributed by atoms with E-state index in [9.17, 15) is 5.11 Å². The molecule has 0 saturated carbocycles. The number of phenolic OH excluding ortho intramolecular Hbond substituents is 1. The van der Waals surface area contributed by atoms with Crippen molar-refractivity contribution in [1.29, 1.82) is 0 Å². The van der Waals surface area contributed by atoms with Gasteiger partial charge in [-0.2, -0.15) is 0 Å². The number of benzene rings is 13. The van der Waals surface area contributed by atoms with Crippen molar-refractivity contribution in [3.8, 4) is 50.3 Å². The smallest absolute Gasteiger partial charge is 0.506 e. The zero-order chi connectivity index (χ0) is 55.0. The van der Waals surface area contributed by atoms with Crippen molar-refractivity contribution in [2.45, 2.75) is 27.7 Å². The molecule has 84 heavy (non-hydrogen) atoms. The van der Waals surface area contributed by atoms with Crippen molar-refractivity contribution < 1.29 is 42.8 Å². The molecule has 0 radical (unpaired) electrons. The van der Waals surface area contributed by atoms with Gasteiger partial charge in [0.25, 0.3) is 0 Å². The third-order valence-corrected chi connectivity index (χ3v) is 15.9. The first-order valence-electron chi connectivity index (χ1n) is 27.7. The van der Waals surface area contributed by atoms with Gasteiger partial charge >= 0.3 is 37.7 Å². The molecule has 6 heteroatoms. The normalized spacial score (nSPS) is 10.9. The molecule has 0 spiro atoms. The van der Waals surface area contributed by atoms with E-state index in [1.54, 1.807) is 18.3 Å². The molecule has 14 aromatic rings. The van der Waals surface area contributed by atoms with E-state index in [2.05, 4.69) is 285 Å². The fraction of sp³-hybridized carbons (Fsp3) is 0.0513. The van der Waals surface area contributed by atoms with Crippen LogP contribution in [-0.2, 0) is 0 Å². The van der Waals surface area contributed by atoms with Gasteiger partial charge in [0.05, 0.1) is 11.4 Å². The molecule has 0 aliphatic rings. The summed E-state index contributed by atoms with van der Waals surface area (Å²) in [5, 5.41) is 17.6. The van der Waals surface area contributed by atoms with Gasteiger partial charge in [-0.25, -0.2) is 0 Å². The average Bonchev–Trinajstić information content (AvgIpc) is 2.22. The summed E-state index contributed by atoms with van der Waals surface area (Å²) >= 11 is 0. The number of nitrogens with zero attached hydrogens (tertiary/aromatic N) is 3. The fourth-order valence-corrected chi connectivity index (χ4v) is 11.7. The first kappa shape index (κ1) is 58.1. The molecular formula is C78H62Li2N3O+.